The Kier molecular flexibility index (Phi) is 7.41. The van der Waals surface area contributed by atoms with Gasteiger partial charge in [-0.2, -0.15) is 0 Å². The van der Waals surface area contributed by atoms with E-state index >= 15 is 0 Å². The number of aromatic nitrogens is 3. The zero-order valence-electron chi connectivity index (χ0n) is 19.2. The lowest BCUT2D eigenvalue weighted by atomic mass is 10.1. The molecule has 0 saturated heterocycles. The Morgan fingerprint density at radius 3 is 2.68 bits per heavy atom. The minimum atomic E-state index is -0.236. The Morgan fingerprint density at radius 2 is 1.97 bits per heavy atom. The third-order valence-corrected chi connectivity index (χ3v) is 6.66. The molecule has 2 aromatic heterocycles. The maximum atomic E-state index is 13.4. The summed E-state index contributed by atoms with van der Waals surface area (Å²) in [4.78, 5) is 30.9. The van der Waals surface area contributed by atoms with Crippen LogP contribution < -0.4 is 10.9 Å². The van der Waals surface area contributed by atoms with E-state index in [0.717, 1.165) is 16.7 Å². The van der Waals surface area contributed by atoms with E-state index in [0.29, 0.717) is 40.1 Å². The Hall–Kier alpha value is -3.07. The van der Waals surface area contributed by atoms with Gasteiger partial charge in [-0.3, -0.25) is 14.2 Å². The van der Waals surface area contributed by atoms with Crippen LogP contribution in [0, 0.1) is 6.92 Å². The number of halogens is 1. The van der Waals surface area contributed by atoms with E-state index in [2.05, 4.69) is 5.32 Å². The number of rotatable bonds is 8. The Balaban J connectivity index is 1.68. The highest BCUT2D eigenvalue weighted by Gasteiger charge is 2.19. The van der Waals surface area contributed by atoms with Gasteiger partial charge in [0.15, 0.2) is 5.16 Å². The summed E-state index contributed by atoms with van der Waals surface area (Å²) >= 11 is 7.45. The van der Waals surface area contributed by atoms with Crippen molar-refractivity contribution in [3.63, 3.8) is 0 Å². The van der Waals surface area contributed by atoms with Crippen molar-refractivity contribution in [2.24, 2.45) is 7.05 Å². The van der Waals surface area contributed by atoms with Gasteiger partial charge in [-0.15, -0.1) is 0 Å². The van der Waals surface area contributed by atoms with Crippen molar-refractivity contribution in [2.75, 3.05) is 24.8 Å². The van der Waals surface area contributed by atoms with Crippen LogP contribution in [0.1, 0.15) is 5.56 Å². The van der Waals surface area contributed by atoms with Gasteiger partial charge in [0.05, 0.1) is 29.6 Å². The quantitative estimate of drug-likeness (QED) is 0.281. The number of ether oxygens (including phenoxy) is 1. The summed E-state index contributed by atoms with van der Waals surface area (Å²) in [6, 6.07) is 15.3. The molecule has 0 radical (unpaired) electrons. The lowest BCUT2D eigenvalue weighted by Gasteiger charge is -2.13. The van der Waals surface area contributed by atoms with E-state index in [1.807, 2.05) is 56.6 Å². The van der Waals surface area contributed by atoms with Gasteiger partial charge < -0.3 is 14.6 Å². The Labute approximate surface area is 206 Å². The summed E-state index contributed by atoms with van der Waals surface area (Å²) in [5.41, 5.74) is 4.34. The third-order valence-electron chi connectivity index (χ3n) is 5.38. The standard InChI is InChI=1S/C25H25ClN4O3S/c1-16-9-10-20(19(26)13-16)27-21(31)15-34-25-28-22-18(17-7-5-4-6-8-17)14-29(2)23(22)24(32)30(25)11-12-33-3/h4-10,13-14H,11-12,15H2,1-3H3,(H,27,31). The van der Waals surface area contributed by atoms with Gasteiger partial charge in [-0.25, -0.2) is 4.98 Å². The number of methoxy groups -OCH3 is 1. The molecule has 0 bridgehead atoms. The predicted octanol–water partition coefficient (Wildman–Crippen LogP) is 4.74. The molecule has 7 nitrogen and oxygen atoms in total. The molecule has 9 heteroatoms. The maximum Gasteiger partial charge on any atom is 0.278 e. The SMILES string of the molecule is COCCn1c(SCC(=O)Nc2ccc(C)cc2Cl)nc2c(-c3ccccc3)cn(C)c2c1=O. The smallest absolute Gasteiger partial charge is 0.278 e. The number of nitrogens with zero attached hydrogens (tertiary/aromatic N) is 3. The highest BCUT2D eigenvalue weighted by Crippen LogP contribution is 2.29. The number of aryl methyl sites for hydroxylation is 2. The number of nitrogens with one attached hydrogen (secondary N) is 1. The molecule has 0 unspecified atom stereocenters. The van der Waals surface area contributed by atoms with Crippen LogP contribution in [0.25, 0.3) is 22.2 Å². The number of amides is 1. The van der Waals surface area contributed by atoms with E-state index < -0.39 is 0 Å². The molecule has 0 spiro atoms. The highest BCUT2D eigenvalue weighted by molar-refractivity contribution is 7.99. The molecule has 2 aromatic carbocycles. The van der Waals surface area contributed by atoms with E-state index in [1.165, 1.54) is 11.8 Å². The van der Waals surface area contributed by atoms with Crippen molar-refractivity contribution >= 4 is 46.0 Å². The molecule has 176 valence electrons. The van der Waals surface area contributed by atoms with Gasteiger partial charge >= 0.3 is 0 Å². The minimum Gasteiger partial charge on any atom is -0.383 e. The van der Waals surface area contributed by atoms with Crippen LogP contribution in [0.5, 0.6) is 0 Å². The molecule has 4 rings (SSSR count). The van der Waals surface area contributed by atoms with E-state index in [-0.39, 0.29) is 17.2 Å². The third kappa shape index (κ3) is 5.04. The molecule has 0 aliphatic carbocycles. The first-order chi connectivity index (χ1) is 16.4. The topological polar surface area (TPSA) is 78.2 Å². The second-order valence-electron chi connectivity index (χ2n) is 7.88. The van der Waals surface area contributed by atoms with E-state index in [1.54, 1.807) is 28.4 Å². The van der Waals surface area contributed by atoms with Crippen molar-refractivity contribution in [2.45, 2.75) is 18.6 Å². The van der Waals surface area contributed by atoms with Crippen molar-refractivity contribution in [3.05, 3.63) is 75.7 Å². The summed E-state index contributed by atoms with van der Waals surface area (Å²) in [7, 11) is 3.42. The first-order valence-corrected chi connectivity index (χ1v) is 12.1. The van der Waals surface area contributed by atoms with E-state index in [9.17, 15) is 9.59 Å². The van der Waals surface area contributed by atoms with E-state index in [4.69, 9.17) is 21.3 Å². The van der Waals surface area contributed by atoms with Crippen LogP contribution in [0.3, 0.4) is 0 Å². The predicted molar refractivity (Wildman–Crippen MR) is 138 cm³/mol. The number of benzene rings is 2. The lowest BCUT2D eigenvalue weighted by molar-refractivity contribution is -0.113. The zero-order chi connectivity index (χ0) is 24.2. The Bertz CT molecular complexity index is 1400. The van der Waals surface area contributed by atoms with Crippen LogP contribution in [-0.2, 0) is 23.1 Å². The molecule has 0 aliphatic rings. The molecular weight excluding hydrogens is 472 g/mol. The summed E-state index contributed by atoms with van der Waals surface area (Å²) in [5.74, 6) is -0.164. The summed E-state index contributed by atoms with van der Waals surface area (Å²) in [5, 5.41) is 3.77. The van der Waals surface area contributed by atoms with Crippen molar-refractivity contribution < 1.29 is 9.53 Å². The normalized spacial score (nSPS) is 11.2. The number of thioether (sulfide) groups is 1. The fourth-order valence-corrected chi connectivity index (χ4v) is 4.81. The van der Waals surface area contributed by atoms with Crippen LogP contribution in [0.4, 0.5) is 5.69 Å². The minimum absolute atomic E-state index is 0.0721. The average Bonchev–Trinajstić information content (AvgIpc) is 3.16. The molecule has 0 saturated carbocycles. The van der Waals surface area contributed by atoms with Gasteiger partial charge in [-0.1, -0.05) is 59.8 Å². The number of fused-ring (bicyclic) bond motifs is 1. The maximum absolute atomic E-state index is 13.4. The van der Waals surface area contributed by atoms with Crippen LogP contribution in [-0.4, -0.2) is 39.5 Å². The van der Waals surface area contributed by atoms with Crippen LogP contribution in [0.15, 0.2) is 64.7 Å². The molecule has 1 N–H and O–H groups in total. The number of anilines is 1. The summed E-state index contributed by atoms with van der Waals surface area (Å²) in [6.45, 7) is 2.61. The number of hydrogen-bond acceptors (Lipinski definition) is 5. The summed E-state index contributed by atoms with van der Waals surface area (Å²) in [6.07, 6.45) is 1.91. The molecule has 0 fully saturated rings. The lowest BCUT2D eigenvalue weighted by Crippen LogP contribution is -2.27. The van der Waals surface area contributed by atoms with Gasteiger partial charge in [0, 0.05) is 25.9 Å². The van der Waals surface area contributed by atoms with Crippen LogP contribution >= 0.6 is 23.4 Å². The second-order valence-corrected chi connectivity index (χ2v) is 9.23. The fraction of sp³-hybridized carbons (Fsp3) is 0.240. The first kappa shape index (κ1) is 24.1. The monoisotopic (exact) mass is 496 g/mol. The van der Waals surface area contributed by atoms with Gasteiger partial charge in [0.2, 0.25) is 5.91 Å². The number of hydrogen-bond donors (Lipinski definition) is 1. The fourth-order valence-electron chi connectivity index (χ4n) is 3.71. The number of carbonyl (C=O) groups excluding carboxylic acids is 1. The molecule has 2 heterocycles. The molecule has 34 heavy (non-hydrogen) atoms. The van der Waals surface area contributed by atoms with Crippen molar-refractivity contribution in [1.29, 1.82) is 0 Å². The van der Waals surface area contributed by atoms with Crippen molar-refractivity contribution in [3.8, 4) is 11.1 Å². The largest absolute Gasteiger partial charge is 0.383 e. The number of carbonyl (C=O) groups is 1. The summed E-state index contributed by atoms with van der Waals surface area (Å²) < 4.78 is 8.57. The van der Waals surface area contributed by atoms with Crippen molar-refractivity contribution in [1.82, 2.24) is 14.1 Å². The second kappa shape index (κ2) is 10.5. The van der Waals surface area contributed by atoms with Gasteiger partial charge in [-0.05, 0) is 30.2 Å². The average molecular weight is 497 g/mol. The molecule has 4 aromatic rings. The first-order valence-electron chi connectivity index (χ1n) is 10.7. The van der Waals surface area contributed by atoms with Gasteiger partial charge in [0.1, 0.15) is 11.0 Å². The molecule has 1 amide bonds. The molecular formula is C25H25ClN4O3S. The van der Waals surface area contributed by atoms with Crippen LogP contribution in [0.2, 0.25) is 5.02 Å². The Morgan fingerprint density at radius 1 is 1.21 bits per heavy atom. The zero-order valence-corrected chi connectivity index (χ0v) is 20.7. The molecule has 0 aliphatic heterocycles. The molecule has 0 atom stereocenters. The van der Waals surface area contributed by atoms with Gasteiger partial charge in [0.25, 0.3) is 5.56 Å². The highest BCUT2D eigenvalue weighted by atomic mass is 35.5.